The molecule has 0 saturated heterocycles. The fraction of sp³-hybridized carbons (Fsp3) is 0.417. The molecule has 0 fully saturated rings. The predicted molar refractivity (Wildman–Crippen MR) is 70.1 cm³/mol. The van der Waals surface area contributed by atoms with Gasteiger partial charge < -0.3 is 11.1 Å². The van der Waals surface area contributed by atoms with Crippen molar-refractivity contribution in [2.24, 2.45) is 5.73 Å². The predicted octanol–water partition coefficient (Wildman–Crippen LogP) is 0.490. The van der Waals surface area contributed by atoms with Crippen LogP contribution in [-0.2, 0) is 15.6 Å². The first-order valence-corrected chi connectivity index (χ1v) is 6.89. The average Bonchev–Trinajstić information content (AvgIpc) is 2.28. The van der Waals surface area contributed by atoms with Crippen LogP contribution in [0.4, 0.5) is 0 Å². The van der Waals surface area contributed by atoms with Crippen LogP contribution in [0.1, 0.15) is 17.2 Å². The van der Waals surface area contributed by atoms with Crippen LogP contribution in [0.25, 0.3) is 0 Å². The molecule has 1 amide bonds. The smallest absolute Gasteiger partial charge is 0.232 e. The Morgan fingerprint density at radius 2 is 2.24 bits per heavy atom. The quantitative estimate of drug-likeness (QED) is 0.803. The molecule has 94 valence electrons. The van der Waals surface area contributed by atoms with E-state index in [1.165, 1.54) is 7.05 Å². The third kappa shape index (κ3) is 4.66. The van der Waals surface area contributed by atoms with Crippen molar-refractivity contribution in [2.45, 2.75) is 13.0 Å². The zero-order chi connectivity index (χ0) is 12.8. The van der Waals surface area contributed by atoms with Gasteiger partial charge in [-0.3, -0.25) is 9.00 Å². The van der Waals surface area contributed by atoms with E-state index in [0.29, 0.717) is 5.75 Å². The van der Waals surface area contributed by atoms with Crippen LogP contribution in [-0.4, -0.2) is 28.7 Å². The second-order valence-electron chi connectivity index (χ2n) is 3.94. The molecular weight excluding hydrogens is 236 g/mol. The molecule has 0 aromatic heterocycles. The van der Waals surface area contributed by atoms with Gasteiger partial charge in [-0.25, -0.2) is 0 Å². The standard InChI is InChI=1S/C12H18N2O2S/c1-9-4-3-5-10(6-9)11(13)7-17(16)8-12(15)14-2/h3-6,11H,7-8,13H2,1-2H3,(H,14,15). The van der Waals surface area contributed by atoms with E-state index in [2.05, 4.69) is 5.32 Å². The second kappa shape index (κ2) is 6.51. The Hall–Kier alpha value is -1.20. The summed E-state index contributed by atoms with van der Waals surface area (Å²) in [5.74, 6) is 0.0900. The maximum atomic E-state index is 11.7. The Morgan fingerprint density at radius 1 is 1.53 bits per heavy atom. The minimum atomic E-state index is -1.22. The minimum Gasteiger partial charge on any atom is -0.358 e. The van der Waals surface area contributed by atoms with Crippen molar-refractivity contribution >= 4 is 16.7 Å². The summed E-state index contributed by atoms with van der Waals surface area (Å²) in [5.41, 5.74) is 8.03. The molecule has 17 heavy (non-hydrogen) atoms. The number of nitrogens with one attached hydrogen (secondary N) is 1. The second-order valence-corrected chi connectivity index (χ2v) is 5.45. The van der Waals surface area contributed by atoms with Gasteiger partial charge in [0.15, 0.2) is 0 Å². The van der Waals surface area contributed by atoms with Crippen LogP contribution >= 0.6 is 0 Å². The highest BCUT2D eigenvalue weighted by atomic mass is 32.2. The molecular formula is C12H18N2O2S. The van der Waals surface area contributed by atoms with Gasteiger partial charge in [-0.2, -0.15) is 0 Å². The van der Waals surface area contributed by atoms with Crippen molar-refractivity contribution in [2.75, 3.05) is 18.6 Å². The van der Waals surface area contributed by atoms with E-state index in [-0.39, 0.29) is 17.7 Å². The Balaban J connectivity index is 2.57. The van der Waals surface area contributed by atoms with E-state index in [4.69, 9.17) is 5.73 Å². The largest absolute Gasteiger partial charge is 0.358 e. The Bertz CT molecular complexity index is 421. The van der Waals surface area contributed by atoms with Crippen molar-refractivity contribution in [3.8, 4) is 0 Å². The van der Waals surface area contributed by atoms with Crippen LogP contribution in [0.2, 0.25) is 0 Å². The summed E-state index contributed by atoms with van der Waals surface area (Å²) in [6, 6.07) is 7.50. The van der Waals surface area contributed by atoms with Gasteiger partial charge in [0.1, 0.15) is 5.75 Å². The first-order valence-electron chi connectivity index (χ1n) is 5.40. The first kappa shape index (κ1) is 13.9. The van der Waals surface area contributed by atoms with E-state index < -0.39 is 10.8 Å². The SMILES string of the molecule is CNC(=O)CS(=O)CC(N)c1cccc(C)c1. The lowest BCUT2D eigenvalue weighted by atomic mass is 10.1. The number of carbonyl (C=O) groups excluding carboxylic acids is 1. The third-order valence-electron chi connectivity index (χ3n) is 2.41. The maximum Gasteiger partial charge on any atom is 0.232 e. The minimum absolute atomic E-state index is 0.00994. The number of nitrogens with two attached hydrogens (primary N) is 1. The molecule has 0 bridgehead atoms. The van der Waals surface area contributed by atoms with Crippen molar-refractivity contribution in [1.29, 1.82) is 0 Å². The summed E-state index contributed by atoms with van der Waals surface area (Å²) in [7, 11) is 0.304. The molecule has 5 heteroatoms. The number of amides is 1. The zero-order valence-corrected chi connectivity index (χ0v) is 10.9. The summed E-state index contributed by atoms with van der Waals surface area (Å²) in [6.45, 7) is 1.98. The van der Waals surface area contributed by atoms with Crippen LogP contribution in [0.5, 0.6) is 0 Å². The lowest BCUT2D eigenvalue weighted by Gasteiger charge is -2.12. The molecule has 2 unspecified atom stereocenters. The van der Waals surface area contributed by atoms with Crippen LogP contribution in [0.3, 0.4) is 0 Å². The molecule has 0 spiro atoms. The molecule has 4 nitrogen and oxygen atoms in total. The molecule has 1 aromatic rings. The van der Waals surface area contributed by atoms with Crippen LogP contribution in [0, 0.1) is 6.92 Å². The highest BCUT2D eigenvalue weighted by Crippen LogP contribution is 2.13. The van der Waals surface area contributed by atoms with E-state index >= 15 is 0 Å². The number of benzene rings is 1. The molecule has 3 N–H and O–H groups in total. The molecule has 0 heterocycles. The van der Waals surface area contributed by atoms with Gasteiger partial charge in [0.05, 0.1) is 0 Å². The molecule has 0 aliphatic rings. The highest BCUT2D eigenvalue weighted by Gasteiger charge is 2.13. The fourth-order valence-electron chi connectivity index (χ4n) is 1.47. The molecule has 0 radical (unpaired) electrons. The lowest BCUT2D eigenvalue weighted by Crippen LogP contribution is -2.28. The number of rotatable bonds is 5. The van der Waals surface area contributed by atoms with Gasteiger partial charge in [-0.15, -0.1) is 0 Å². The maximum absolute atomic E-state index is 11.7. The van der Waals surface area contributed by atoms with Gasteiger partial charge in [0, 0.05) is 29.6 Å². The molecule has 1 rings (SSSR count). The molecule has 0 saturated carbocycles. The summed E-state index contributed by atoms with van der Waals surface area (Å²) in [5, 5.41) is 2.45. The fourth-order valence-corrected chi connectivity index (χ4v) is 2.62. The molecule has 1 aromatic carbocycles. The Kier molecular flexibility index (Phi) is 5.31. The lowest BCUT2D eigenvalue weighted by molar-refractivity contribution is -0.118. The Labute approximate surface area is 104 Å². The van der Waals surface area contributed by atoms with Gasteiger partial charge >= 0.3 is 0 Å². The topological polar surface area (TPSA) is 72.2 Å². The number of hydrogen-bond donors (Lipinski definition) is 2. The van der Waals surface area contributed by atoms with Gasteiger partial charge in [0.2, 0.25) is 5.91 Å². The van der Waals surface area contributed by atoms with E-state index in [1.54, 1.807) is 0 Å². The normalized spacial score (nSPS) is 14.1. The van der Waals surface area contributed by atoms with Gasteiger partial charge in [0.25, 0.3) is 0 Å². The van der Waals surface area contributed by atoms with Crippen molar-refractivity contribution in [1.82, 2.24) is 5.32 Å². The summed E-state index contributed by atoms with van der Waals surface area (Å²) >= 11 is 0. The van der Waals surface area contributed by atoms with Crippen LogP contribution < -0.4 is 11.1 Å². The summed E-state index contributed by atoms with van der Waals surface area (Å²) in [6.07, 6.45) is 0. The molecule has 0 aliphatic carbocycles. The number of hydrogen-bond acceptors (Lipinski definition) is 3. The van der Waals surface area contributed by atoms with E-state index in [9.17, 15) is 9.00 Å². The van der Waals surface area contributed by atoms with Gasteiger partial charge in [-0.1, -0.05) is 29.8 Å². The van der Waals surface area contributed by atoms with Crippen molar-refractivity contribution in [3.63, 3.8) is 0 Å². The summed E-state index contributed by atoms with van der Waals surface area (Å²) < 4.78 is 11.7. The van der Waals surface area contributed by atoms with Crippen LogP contribution in [0.15, 0.2) is 24.3 Å². The highest BCUT2D eigenvalue weighted by molar-refractivity contribution is 7.85. The number of carbonyl (C=O) groups is 1. The third-order valence-corrected chi connectivity index (χ3v) is 3.72. The molecule has 2 atom stereocenters. The molecule has 0 aliphatic heterocycles. The van der Waals surface area contributed by atoms with Crippen molar-refractivity contribution < 1.29 is 9.00 Å². The van der Waals surface area contributed by atoms with Crippen molar-refractivity contribution in [3.05, 3.63) is 35.4 Å². The summed E-state index contributed by atoms with van der Waals surface area (Å²) in [4.78, 5) is 11.0. The monoisotopic (exact) mass is 254 g/mol. The van der Waals surface area contributed by atoms with E-state index in [0.717, 1.165) is 11.1 Å². The first-order chi connectivity index (χ1) is 8.02. The van der Waals surface area contributed by atoms with E-state index in [1.807, 2.05) is 31.2 Å². The zero-order valence-electron chi connectivity index (χ0n) is 10.1. The average molecular weight is 254 g/mol. The van der Waals surface area contributed by atoms with Gasteiger partial charge in [-0.05, 0) is 12.5 Å². The number of aryl methyl sites for hydroxylation is 1. The Morgan fingerprint density at radius 3 is 2.82 bits per heavy atom.